The van der Waals surface area contributed by atoms with Crippen LogP contribution in [0, 0.1) is 0 Å². The van der Waals surface area contributed by atoms with E-state index in [-0.39, 0.29) is 13.0 Å². The van der Waals surface area contributed by atoms with Gasteiger partial charge in [-0.05, 0) is 37.5 Å². The molecular weight excluding hydrogens is 318 g/mol. The van der Waals surface area contributed by atoms with E-state index in [9.17, 15) is 4.79 Å². The minimum absolute atomic E-state index is 0.0340. The molecule has 126 valence electrons. The number of hydrogen-bond donors (Lipinski definition) is 1. The van der Waals surface area contributed by atoms with Gasteiger partial charge >= 0.3 is 5.97 Å². The fourth-order valence-electron chi connectivity index (χ4n) is 1.48. The van der Waals surface area contributed by atoms with Gasteiger partial charge in [-0.2, -0.15) is 0 Å². The molecular formula is C16H21NO5S. The number of carbonyl (C=O) groups excluding carboxylic acids is 1. The van der Waals surface area contributed by atoms with Crippen LogP contribution in [0.5, 0.6) is 0 Å². The van der Waals surface area contributed by atoms with E-state index >= 15 is 0 Å². The summed E-state index contributed by atoms with van der Waals surface area (Å²) in [4.78, 5) is 25.5. The maximum absolute atomic E-state index is 10.3. The van der Waals surface area contributed by atoms with Crippen LogP contribution in [0.4, 0.5) is 0 Å². The second-order valence-electron chi connectivity index (χ2n) is 4.83. The number of carboxylic acid groups (broad SMARTS) is 1. The molecule has 0 amide bonds. The van der Waals surface area contributed by atoms with Gasteiger partial charge in [0.15, 0.2) is 0 Å². The molecule has 23 heavy (non-hydrogen) atoms. The molecule has 0 aliphatic heterocycles. The third kappa shape index (κ3) is 8.87. The molecule has 1 fully saturated rings. The van der Waals surface area contributed by atoms with Crippen LogP contribution >= 0.6 is 11.8 Å². The number of nitrogens with zero attached hydrogens (tertiary/aromatic N) is 1. The molecule has 0 saturated heterocycles. The SMILES string of the molecule is C/C(=N/OCCC(=O)O)c1ccc(SC2CC2)cc1.COC=O. The average Bonchev–Trinajstić information content (AvgIpc) is 3.36. The fourth-order valence-corrected chi connectivity index (χ4v) is 2.53. The van der Waals surface area contributed by atoms with Crippen molar-refractivity contribution in [2.75, 3.05) is 13.7 Å². The monoisotopic (exact) mass is 339 g/mol. The van der Waals surface area contributed by atoms with Gasteiger partial charge in [-0.3, -0.25) is 9.59 Å². The van der Waals surface area contributed by atoms with Gasteiger partial charge in [-0.25, -0.2) is 0 Å². The molecule has 0 heterocycles. The van der Waals surface area contributed by atoms with E-state index in [1.807, 2.05) is 30.8 Å². The van der Waals surface area contributed by atoms with Gasteiger partial charge in [0.05, 0.1) is 19.2 Å². The third-order valence-electron chi connectivity index (χ3n) is 2.80. The molecule has 1 saturated carbocycles. The average molecular weight is 339 g/mol. The standard InChI is InChI=1S/C14H17NO3S.C2H4O2/c1-10(15-18-9-8-14(16)17)11-2-4-12(5-3-11)19-13-6-7-13;1-4-2-3/h2-5,13H,6-9H2,1H3,(H,16,17);2H,1H3/b15-10-;. The van der Waals surface area contributed by atoms with Gasteiger partial charge in [-0.15, -0.1) is 11.8 Å². The first-order chi connectivity index (χ1) is 11.1. The Labute approximate surface area is 139 Å². The first kappa shape index (κ1) is 19.0. The van der Waals surface area contributed by atoms with E-state index in [1.165, 1.54) is 24.8 Å². The number of carbonyl (C=O) groups is 2. The molecule has 0 spiro atoms. The van der Waals surface area contributed by atoms with Gasteiger partial charge in [-0.1, -0.05) is 17.3 Å². The molecule has 0 unspecified atom stereocenters. The second kappa shape index (κ2) is 10.7. The van der Waals surface area contributed by atoms with Gasteiger partial charge in [0, 0.05) is 10.1 Å². The summed E-state index contributed by atoms with van der Waals surface area (Å²) in [7, 11) is 1.31. The lowest BCUT2D eigenvalue weighted by molar-refractivity contribution is -0.138. The molecule has 1 aromatic rings. The third-order valence-corrected chi connectivity index (χ3v) is 4.15. The van der Waals surface area contributed by atoms with Gasteiger partial charge in [0.1, 0.15) is 6.61 Å². The fraction of sp³-hybridized carbons (Fsp3) is 0.438. The molecule has 0 bridgehead atoms. The largest absolute Gasteiger partial charge is 0.481 e. The molecule has 1 N–H and O–H groups in total. The summed E-state index contributed by atoms with van der Waals surface area (Å²) >= 11 is 1.92. The van der Waals surface area contributed by atoms with Crippen molar-refractivity contribution >= 4 is 29.9 Å². The Bertz CT molecular complexity index is 526. The van der Waals surface area contributed by atoms with Crippen molar-refractivity contribution in [2.45, 2.75) is 36.3 Å². The number of benzene rings is 1. The first-order valence-electron chi connectivity index (χ1n) is 7.18. The highest BCUT2D eigenvalue weighted by Gasteiger charge is 2.22. The van der Waals surface area contributed by atoms with E-state index in [0.29, 0.717) is 6.47 Å². The molecule has 0 atom stereocenters. The van der Waals surface area contributed by atoms with Crippen LogP contribution < -0.4 is 0 Å². The van der Waals surface area contributed by atoms with Crippen molar-refractivity contribution in [3.05, 3.63) is 29.8 Å². The van der Waals surface area contributed by atoms with E-state index in [0.717, 1.165) is 16.5 Å². The van der Waals surface area contributed by atoms with Crippen molar-refractivity contribution in [3.8, 4) is 0 Å². The van der Waals surface area contributed by atoms with E-state index in [4.69, 9.17) is 14.7 Å². The maximum Gasteiger partial charge on any atom is 0.306 e. The first-order valence-corrected chi connectivity index (χ1v) is 8.06. The van der Waals surface area contributed by atoms with Gasteiger partial charge in [0.25, 0.3) is 6.47 Å². The number of methoxy groups -OCH3 is 1. The Morgan fingerprint density at radius 1 is 1.39 bits per heavy atom. The van der Waals surface area contributed by atoms with Crippen molar-refractivity contribution in [1.29, 1.82) is 0 Å². The number of ether oxygens (including phenoxy) is 1. The highest BCUT2D eigenvalue weighted by atomic mass is 32.2. The van der Waals surface area contributed by atoms with Gasteiger partial charge in [0.2, 0.25) is 0 Å². The molecule has 0 radical (unpaired) electrons. The van der Waals surface area contributed by atoms with Crippen LogP contribution in [0.3, 0.4) is 0 Å². The molecule has 0 aromatic heterocycles. The Morgan fingerprint density at radius 2 is 2.00 bits per heavy atom. The van der Waals surface area contributed by atoms with Crippen molar-refractivity contribution in [1.82, 2.24) is 0 Å². The topological polar surface area (TPSA) is 85.2 Å². The Morgan fingerprint density at radius 3 is 2.48 bits per heavy atom. The summed E-state index contributed by atoms with van der Waals surface area (Å²) in [5.74, 6) is -0.880. The Balaban J connectivity index is 0.000000593. The summed E-state index contributed by atoms with van der Waals surface area (Å²) in [6.45, 7) is 2.33. The second-order valence-corrected chi connectivity index (χ2v) is 6.20. The van der Waals surface area contributed by atoms with E-state index in [1.54, 1.807) is 0 Å². The Hall–Kier alpha value is -2.02. The summed E-state index contributed by atoms with van der Waals surface area (Å²) < 4.78 is 3.86. The zero-order valence-electron chi connectivity index (χ0n) is 13.2. The number of hydrogen-bond acceptors (Lipinski definition) is 6. The molecule has 1 aliphatic carbocycles. The molecule has 7 heteroatoms. The summed E-state index contributed by atoms with van der Waals surface area (Å²) in [5.41, 5.74) is 1.75. The smallest absolute Gasteiger partial charge is 0.306 e. The zero-order chi connectivity index (χ0) is 17.1. The van der Waals surface area contributed by atoms with Crippen LogP contribution in [0.15, 0.2) is 34.3 Å². The van der Waals surface area contributed by atoms with Crippen LogP contribution in [-0.4, -0.2) is 42.2 Å². The zero-order valence-corrected chi connectivity index (χ0v) is 14.0. The van der Waals surface area contributed by atoms with Gasteiger partial charge < -0.3 is 14.7 Å². The number of rotatable bonds is 8. The molecule has 6 nitrogen and oxygen atoms in total. The van der Waals surface area contributed by atoms with Crippen molar-refractivity contribution < 1.29 is 24.3 Å². The van der Waals surface area contributed by atoms with Crippen LogP contribution in [-0.2, 0) is 19.2 Å². The molecule has 1 aromatic carbocycles. The highest BCUT2D eigenvalue weighted by molar-refractivity contribution is 8.00. The van der Waals surface area contributed by atoms with Crippen LogP contribution in [0.25, 0.3) is 0 Å². The lowest BCUT2D eigenvalue weighted by Crippen LogP contribution is -2.02. The predicted molar refractivity (Wildman–Crippen MR) is 88.8 cm³/mol. The summed E-state index contributed by atoms with van der Waals surface area (Å²) in [5, 5.41) is 13.2. The van der Waals surface area contributed by atoms with Crippen LogP contribution in [0.2, 0.25) is 0 Å². The lowest BCUT2D eigenvalue weighted by Gasteiger charge is -2.03. The predicted octanol–water partition coefficient (Wildman–Crippen LogP) is 2.95. The molecule has 1 aliphatic rings. The van der Waals surface area contributed by atoms with Crippen molar-refractivity contribution in [2.24, 2.45) is 5.16 Å². The van der Waals surface area contributed by atoms with E-state index in [2.05, 4.69) is 22.0 Å². The maximum atomic E-state index is 10.3. The lowest BCUT2D eigenvalue weighted by atomic mass is 10.1. The normalized spacial score (nSPS) is 13.6. The highest BCUT2D eigenvalue weighted by Crippen LogP contribution is 2.38. The molecule has 2 rings (SSSR count). The van der Waals surface area contributed by atoms with Crippen LogP contribution in [0.1, 0.15) is 31.7 Å². The van der Waals surface area contributed by atoms with Crippen molar-refractivity contribution in [3.63, 3.8) is 0 Å². The number of thioether (sulfide) groups is 1. The number of carboxylic acids is 1. The minimum Gasteiger partial charge on any atom is -0.481 e. The summed E-state index contributed by atoms with van der Waals surface area (Å²) in [6, 6.07) is 8.22. The Kier molecular flexibility index (Phi) is 8.82. The van der Waals surface area contributed by atoms with E-state index < -0.39 is 5.97 Å². The summed E-state index contributed by atoms with van der Waals surface area (Å²) in [6.07, 6.45) is 2.61. The number of oxime groups is 1. The minimum atomic E-state index is -0.880. The quantitative estimate of drug-likeness (QED) is 0.339. The number of aliphatic carboxylic acids is 1.